The fourth-order valence-corrected chi connectivity index (χ4v) is 4.53. The van der Waals surface area contributed by atoms with E-state index >= 15 is 0 Å². The van der Waals surface area contributed by atoms with E-state index in [0.717, 1.165) is 36.5 Å². The van der Waals surface area contributed by atoms with Crippen molar-refractivity contribution in [3.8, 4) is 0 Å². The molecule has 0 amide bonds. The average molecular weight is 349 g/mol. The lowest BCUT2D eigenvalue weighted by atomic mass is 10.2. The Bertz CT molecular complexity index is 767. The quantitative estimate of drug-likeness (QED) is 0.846. The predicted octanol–water partition coefficient (Wildman–Crippen LogP) is 2.19. The molecular weight excluding hydrogens is 326 g/mol. The van der Waals surface area contributed by atoms with Gasteiger partial charge in [-0.1, -0.05) is 23.4 Å². The van der Waals surface area contributed by atoms with E-state index < -0.39 is 10.0 Å². The molecule has 0 atom stereocenters. The molecule has 0 radical (unpaired) electrons. The predicted molar refractivity (Wildman–Crippen MR) is 91.1 cm³/mol. The molecule has 0 N–H and O–H groups in total. The van der Waals surface area contributed by atoms with Gasteiger partial charge in [-0.2, -0.15) is 4.31 Å². The first-order chi connectivity index (χ1) is 11.5. The Labute approximate surface area is 143 Å². The number of hydrogen-bond donors (Lipinski definition) is 0. The summed E-state index contributed by atoms with van der Waals surface area (Å²) in [5.74, 6) is 0.838. The summed E-state index contributed by atoms with van der Waals surface area (Å²) in [6, 6.07) is 8.65. The van der Waals surface area contributed by atoms with E-state index in [1.807, 2.05) is 19.9 Å². The number of aryl methyl sites for hydroxylation is 2. The Morgan fingerprint density at radius 2 is 1.83 bits per heavy atom. The van der Waals surface area contributed by atoms with Gasteiger partial charge in [-0.05, 0) is 38.9 Å². The number of hydrogen-bond acceptors (Lipinski definition) is 5. The van der Waals surface area contributed by atoms with E-state index in [0.29, 0.717) is 24.5 Å². The summed E-state index contributed by atoms with van der Waals surface area (Å²) < 4.78 is 32.3. The first-order valence-corrected chi connectivity index (χ1v) is 9.62. The van der Waals surface area contributed by atoms with Crippen LogP contribution in [-0.4, -0.2) is 49.0 Å². The highest BCUT2D eigenvalue weighted by molar-refractivity contribution is 7.89. The van der Waals surface area contributed by atoms with Crippen LogP contribution in [0.15, 0.2) is 39.8 Å². The normalized spacial score (nSPS) is 17.8. The fourth-order valence-electron chi connectivity index (χ4n) is 3.04. The summed E-state index contributed by atoms with van der Waals surface area (Å²) in [6.07, 6.45) is 0.815. The van der Waals surface area contributed by atoms with Crippen molar-refractivity contribution in [3.05, 3.63) is 47.3 Å². The molecule has 7 heteroatoms. The van der Waals surface area contributed by atoms with Crippen molar-refractivity contribution < 1.29 is 12.9 Å². The lowest BCUT2D eigenvalue weighted by Crippen LogP contribution is -2.35. The van der Waals surface area contributed by atoms with Gasteiger partial charge >= 0.3 is 0 Å². The van der Waals surface area contributed by atoms with Crippen molar-refractivity contribution in [1.29, 1.82) is 0 Å². The van der Waals surface area contributed by atoms with Gasteiger partial charge in [0.05, 0.1) is 10.6 Å². The zero-order valence-electron chi connectivity index (χ0n) is 14.1. The lowest BCUT2D eigenvalue weighted by Gasteiger charge is -2.21. The van der Waals surface area contributed by atoms with Crippen LogP contribution in [-0.2, 0) is 16.6 Å². The monoisotopic (exact) mass is 349 g/mol. The van der Waals surface area contributed by atoms with Crippen LogP contribution in [0.25, 0.3) is 0 Å². The highest BCUT2D eigenvalue weighted by Gasteiger charge is 2.27. The van der Waals surface area contributed by atoms with E-state index in [-0.39, 0.29) is 0 Å². The summed E-state index contributed by atoms with van der Waals surface area (Å²) in [4.78, 5) is 2.64. The van der Waals surface area contributed by atoms with Crippen LogP contribution in [0.4, 0.5) is 0 Å². The summed E-state index contributed by atoms with van der Waals surface area (Å²) in [6.45, 7) is 7.23. The van der Waals surface area contributed by atoms with Gasteiger partial charge in [-0.25, -0.2) is 8.42 Å². The number of aromatic nitrogens is 1. The van der Waals surface area contributed by atoms with Crippen LogP contribution >= 0.6 is 0 Å². The summed E-state index contributed by atoms with van der Waals surface area (Å²) >= 11 is 0. The Kier molecular flexibility index (Phi) is 5.03. The highest BCUT2D eigenvalue weighted by atomic mass is 32.2. The molecule has 1 aliphatic heterocycles. The second-order valence-corrected chi connectivity index (χ2v) is 8.09. The third-order valence-corrected chi connectivity index (χ3v) is 6.40. The second-order valence-electron chi connectivity index (χ2n) is 6.15. The van der Waals surface area contributed by atoms with Crippen molar-refractivity contribution >= 4 is 10.0 Å². The van der Waals surface area contributed by atoms with E-state index in [1.54, 1.807) is 28.6 Å². The first kappa shape index (κ1) is 17.1. The molecule has 130 valence electrons. The summed E-state index contributed by atoms with van der Waals surface area (Å²) in [7, 11) is -3.41. The Morgan fingerprint density at radius 3 is 2.50 bits per heavy atom. The maximum absolute atomic E-state index is 12.8. The van der Waals surface area contributed by atoms with Crippen molar-refractivity contribution in [2.45, 2.75) is 31.7 Å². The topological polar surface area (TPSA) is 66.7 Å². The van der Waals surface area contributed by atoms with Gasteiger partial charge in [0.25, 0.3) is 0 Å². The largest absolute Gasteiger partial charge is 0.361 e. The van der Waals surface area contributed by atoms with Crippen molar-refractivity contribution in [2.75, 3.05) is 26.2 Å². The molecule has 0 spiro atoms. The third-order valence-electron chi connectivity index (χ3n) is 4.49. The molecule has 1 aromatic heterocycles. The van der Waals surface area contributed by atoms with Gasteiger partial charge in [0.1, 0.15) is 5.76 Å². The highest BCUT2D eigenvalue weighted by Crippen LogP contribution is 2.20. The zero-order chi connectivity index (χ0) is 17.2. The molecule has 3 rings (SSSR count). The van der Waals surface area contributed by atoms with Crippen LogP contribution in [0.5, 0.6) is 0 Å². The fraction of sp³-hybridized carbons (Fsp3) is 0.471. The Balaban J connectivity index is 1.69. The molecule has 6 nitrogen and oxygen atoms in total. The van der Waals surface area contributed by atoms with Crippen molar-refractivity contribution in [3.63, 3.8) is 0 Å². The standard InChI is InChI=1S/C17H23N3O3S/c1-14-17(15(2)23-18-14)13-19-9-6-10-20(12-11-19)24(21,22)16-7-4-3-5-8-16/h3-5,7-8H,6,9-13H2,1-2H3. The van der Waals surface area contributed by atoms with Gasteiger partial charge in [-0.15, -0.1) is 0 Å². The molecule has 1 saturated heterocycles. The number of nitrogens with zero attached hydrogens (tertiary/aromatic N) is 3. The van der Waals surface area contributed by atoms with Crippen LogP contribution in [0.2, 0.25) is 0 Å². The smallest absolute Gasteiger partial charge is 0.243 e. The van der Waals surface area contributed by atoms with E-state index in [9.17, 15) is 8.42 Å². The van der Waals surface area contributed by atoms with Gasteiger partial charge in [0.2, 0.25) is 10.0 Å². The number of benzene rings is 1. The van der Waals surface area contributed by atoms with E-state index in [4.69, 9.17) is 4.52 Å². The van der Waals surface area contributed by atoms with Crippen LogP contribution < -0.4 is 0 Å². The minimum absolute atomic E-state index is 0.365. The maximum Gasteiger partial charge on any atom is 0.243 e. The Hall–Kier alpha value is -1.70. The summed E-state index contributed by atoms with van der Waals surface area (Å²) in [5.41, 5.74) is 2.01. The molecule has 0 saturated carbocycles. The zero-order valence-corrected chi connectivity index (χ0v) is 14.9. The van der Waals surface area contributed by atoms with Gasteiger partial charge in [0.15, 0.2) is 0 Å². The van der Waals surface area contributed by atoms with Crippen LogP contribution in [0, 0.1) is 13.8 Å². The molecule has 0 bridgehead atoms. The first-order valence-electron chi connectivity index (χ1n) is 8.18. The number of rotatable bonds is 4. The molecule has 24 heavy (non-hydrogen) atoms. The molecule has 2 heterocycles. The van der Waals surface area contributed by atoms with Crippen molar-refractivity contribution in [1.82, 2.24) is 14.4 Å². The van der Waals surface area contributed by atoms with Crippen LogP contribution in [0.1, 0.15) is 23.4 Å². The van der Waals surface area contributed by atoms with Gasteiger partial charge < -0.3 is 4.52 Å². The average Bonchev–Trinajstić information content (AvgIpc) is 2.79. The molecule has 0 aliphatic carbocycles. The minimum atomic E-state index is -3.41. The van der Waals surface area contributed by atoms with E-state index in [1.165, 1.54) is 0 Å². The summed E-state index contributed by atoms with van der Waals surface area (Å²) in [5, 5.41) is 3.99. The molecule has 0 unspecified atom stereocenters. The van der Waals surface area contributed by atoms with Gasteiger partial charge in [-0.3, -0.25) is 4.90 Å². The second kappa shape index (κ2) is 7.04. The molecule has 2 aromatic rings. The lowest BCUT2D eigenvalue weighted by molar-refractivity contribution is 0.276. The Morgan fingerprint density at radius 1 is 1.08 bits per heavy atom. The molecule has 1 aromatic carbocycles. The SMILES string of the molecule is Cc1noc(C)c1CN1CCCN(S(=O)(=O)c2ccccc2)CC1. The van der Waals surface area contributed by atoms with Crippen LogP contribution in [0.3, 0.4) is 0 Å². The third kappa shape index (κ3) is 3.53. The minimum Gasteiger partial charge on any atom is -0.361 e. The number of sulfonamides is 1. The van der Waals surface area contributed by atoms with Crippen molar-refractivity contribution in [2.24, 2.45) is 0 Å². The van der Waals surface area contributed by atoms with E-state index in [2.05, 4.69) is 10.1 Å². The molecular formula is C17H23N3O3S. The molecule has 1 fully saturated rings. The molecule has 1 aliphatic rings. The van der Waals surface area contributed by atoms with Gasteiger partial charge in [0, 0.05) is 31.7 Å². The maximum atomic E-state index is 12.8.